The zero-order valence-electron chi connectivity index (χ0n) is 16.5. The maximum atomic E-state index is 12.5. The molecular weight excluding hydrogens is 380 g/mol. The molecule has 2 amide bonds. The lowest BCUT2D eigenvalue weighted by Crippen LogP contribution is -2.49. The molecule has 0 unspecified atom stereocenters. The molecule has 0 saturated carbocycles. The highest BCUT2D eigenvalue weighted by Crippen LogP contribution is 2.24. The van der Waals surface area contributed by atoms with Crippen molar-refractivity contribution in [2.75, 3.05) is 25.2 Å². The van der Waals surface area contributed by atoms with Crippen LogP contribution in [0.2, 0.25) is 0 Å². The number of esters is 1. The van der Waals surface area contributed by atoms with Crippen LogP contribution in [0.4, 0.5) is 0 Å². The second-order valence-corrected chi connectivity index (χ2v) is 7.58. The molecule has 2 N–H and O–H groups in total. The number of carbonyl (C=O) groups excluding carboxylic acids is 3. The number of amides is 2. The summed E-state index contributed by atoms with van der Waals surface area (Å²) in [5, 5.41) is 5.58. The number of carbonyl (C=O) groups is 3. The number of ether oxygens (including phenoxy) is 2. The predicted octanol–water partition coefficient (Wildman–Crippen LogP) is 1.22. The minimum Gasteiger partial charge on any atom is -0.464 e. The fourth-order valence-corrected chi connectivity index (χ4v) is 3.15. The second kappa shape index (κ2) is 11.1. The van der Waals surface area contributed by atoms with E-state index in [2.05, 4.69) is 10.6 Å². The molecule has 0 bridgehead atoms. The first-order chi connectivity index (χ1) is 13.5. The average molecular weight is 409 g/mol. The number of hydrogen-bond acceptors (Lipinski definition) is 6. The molecule has 1 aliphatic heterocycles. The van der Waals surface area contributed by atoms with Gasteiger partial charge in [0.25, 0.3) is 5.91 Å². The quantitative estimate of drug-likeness (QED) is 0.422. The van der Waals surface area contributed by atoms with Gasteiger partial charge in [-0.1, -0.05) is 29.8 Å². The minimum absolute atomic E-state index is 0.229. The summed E-state index contributed by atoms with van der Waals surface area (Å²) in [4.78, 5) is 36.4. The lowest BCUT2D eigenvalue weighted by Gasteiger charge is -2.17. The normalized spacial score (nSPS) is 18.8. The van der Waals surface area contributed by atoms with E-state index in [9.17, 15) is 14.4 Å². The molecule has 1 fully saturated rings. The summed E-state index contributed by atoms with van der Waals surface area (Å²) in [6, 6.07) is 7.48. The summed E-state index contributed by atoms with van der Waals surface area (Å²) >= 11 is 1.60. The topological polar surface area (TPSA) is 97.0 Å². The van der Waals surface area contributed by atoms with Gasteiger partial charge in [-0.25, -0.2) is 4.79 Å². The SMILES string of the molecule is CCOC(=O)[C@H]1O[C@@H]1C(=O)N[C@@H](CCSC)C(=O)NCCc1ccc(C)cc1. The Labute approximate surface area is 169 Å². The Balaban J connectivity index is 1.82. The number of epoxide rings is 1. The van der Waals surface area contributed by atoms with Gasteiger partial charge in [-0.15, -0.1) is 0 Å². The summed E-state index contributed by atoms with van der Waals surface area (Å²) in [7, 11) is 0. The Hall–Kier alpha value is -2.06. The monoisotopic (exact) mass is 408 g/mol. The van der Waals surface area contributed by atoms with E-state index in [1.54, 1.807) is 18.7 Å². The minimum atomic E-state index is -0.879. The van der Waals surface area contributed by atoms with Crippen molar-refractivity contribution in [3.63, 3.8) is 0 Å². The van der Waals surface area contributed by atoms with Crippen molar-refractivity contribution in [2.45, 2.75) is 44.9 Å². The first kappa shape index (κ1) is 22.2. The maximum absolute atomic E-state index is 12.5. The first-order valence-electron chi connectivity index (χ1n) is 9.41. The molecule has 154 valence electrons. The van der Waals surface area contributed by atoms with E-state index < -0.39 is 30.1 Å². The van der Waals surface area contributed by atoms with Gasteiger partial charge >= 0.3 is 5.97 Å². The van der Waals surface area contributed by atoms with Gasteiger partial charge in [0.05, 0.1) is 6.61 Å². The Morgan fingerprint density at radius 2 is 1.93 bits per heavy atom. The van der Waals surface area contributed by atoms with Crippen molar-refractivity contribution < 1.29 is 23.9 Å². The highest BCUT2D eigenvalue weighted by Gasteiger charge is 2.52. The van der Waals surface area contributed by atoms with Crippen LogP contribution in [0.3, 0.4) is 0 Å². The number of aryl methyl sites for hydroxylation is 1. The third kappa shape index (κ3) is 6.83. The van der Waals surface area contributed by atoms with Crippen LogP contribution in [0, 0.1) is 6.92 Å². The zero-order valence-corrected chi connectivity index (χ0v) is 17.3. The van der Waals surface area contributed by atoms with Crippen molar-refractivity contribution >= 4 is 29.5 Å². The first-order valence-corrected chi connectivity index (χ1v) is 10.8. The van der Waals surface area contributed by atoms with Crippen LogP contribution in [0.1, 0.15) is 24.5 Å². The fourth-order valence-electron chi connectivity index (χ4n) is 2.68. The van der Waals surface area contributed by atoms with Crippen LogP contribution in [-0.4, -0.2) is 61.2 Å². The zero-order chi connectivity index (χ0) is 20.5. The van der Waals surface area contributed by atoms with Crippen molar-refractivity contribution in [3.8, 4) is 0 Å². The van der Waals surface area contributed by atoms with Crippen LogP contribution in [0.5, 0.6) is 0 Å². The van der Waals surface area contributed by atoms with Gasteiger partial charge in [-0.05, 0) is 44.3 Å². The van der Waals surface area contributed by atoms with E-state index in [-0.39, 0.29) is 12.5 Å². The molecule has 3 atom stereocenters. The molecule has 8 heteroatoms. The van der Waals surface area contributed by atoms with Crippen LogP contribution in [-0.2, 0) is 30.3 Å². The second-order valence-electron chi connectivity index (χ2n) is 6.60. The molecule has 1 heterocycles. The number of rotatable bonds is 11. The molecule has 1 aromatic rings. The van der Waals surface area contributed by atoms with Crippen LogP contribution < -0.4 is 10.6 Å². The lowest BCUT2D eigenvalue weighted by atomic mass is 10.1. The summed E-state index contributed by atoms with van der Waals surface area (Å²) < 4.78 is 9.94. The highest BCUT2D eigenvalue weighted by atomic mass is 32.2. The summed E-state index contributed by atoms with van der Waals surface area (Å²) in [6.45, 7) is 4.43. The fraction of sp³-hybridized carbons (Fsp3) is 0.550. The van der Waals surface area contributed by atoms with Gasteiger partial charge in [0.1, 0.15) is 6.04 Å². The maximum Gasteiger partial charge on any atom is 0.338 e. The summed E-state index contributed by atoms with van der Waals surface area (Å²) in [5.74, 6) is -0.519. The molecule has 0 radical (unpaired) electrons. The number of benzene rings is 1. The molecular formula is C20H28N2O5S. The summed E-state index contributed by atoms with van der Waals surface area (Å²) in [6.07, 6.45) is 1.41. The molecule has 1 aromatic carbocycles. The van der Waals surface area contributed by atoms with Crippen molar-refractivity contribution in [1.82, 2.24) is 10.6 Å². The van der Waals surface area contributed by atoms with Gasteiger partial charge < -0.3 is 20.1 Å². The van der Waals surface area contributed by atoms with Crippen molar-refractivity contribution in [2.24, 2.45) is 0 Å². The average Bonchev–Trinajstić information content (AvgIpc) is 3.47. The van der Waals surface area contributed by atoms with Gasteiger partial charge in [0.15, 0.2) is 12.2 Å². The Kier molecular flexibility index (Phi) is 8.79. The third-order valence-electron chi connectivity index (χ3n) is 4.35. The highest BCUT2D eigenvalue weighted by molar-refractivity contribution is 7.98. The Bertz CT molecular complexity index is 680. The van der Waals surface area contributed by atoms with Gasteiger partial charge in [-0.2, -0.15) is 11.8 Å². The largest absolute Gasteiger partial charge is 0.464 e. The number of nitrogens with one attached hydrogen (secondary N) is 2. The molecule has 28 heavy (non-hydrogen) atoms. The lowest BCUT2D eigenvalue weighted by molar-refractivity contribution is -0.144. The van der Waals surface area contributed by atoms with Crippen LogP contribution in [0.15, 0.2) is 24.3 Å². The molecule has 7 nitrogen and oxygen atoms in total. The number of thioether (sulfide) groups is 1. The molecule has 0 aliphatic carbocycles. The summed E-state index contributed by atoms with van der Waals surface area (Å²) in [5.41, 5.74) is 2.33. The van der Waals surface area contributed by atoms with E-state index in [0.717, 1.165) is 11.3 Å². The Morgan fingerprint density at radius 1 is 1.21 bits per heavy atom. The van der Waals surface area contributed by atoms with Crippen LogP contribution >= 0.6 is 11.8 Å². The molecule has 0 spiro atoms. The van der Waals surface area contributed by atoms with Crippen molar-refractivity contribution in [3.05, 3.63) is 35.4 Å². The third-order valence-corrected chi connectivity index (χ3v) is 4.99. The van der Waals surface area contributed by atoms with E-state index in [4.69, 9.17) is 9.47 Å². The predicted molar refractivity (Wildman–Crippen MR) is 108 cm³/mol. The van der Waals surface area contributed by atoms with Gasteiger partial charge in [0, 0.05) is 6.54 Å². The van der Waals surface area contributed by atoms with Gasteiger partial charge in [-0.3, -0.25) is 9.59 Å². The Morgan fingerprint density at radius 3 is 2.57 bits per heavy atom. The van der Waals surface area contributed by atoms with E-state index in [1.807, 2.05) is 37.4 Å². The smallest absolute Gasteiger partial charge is 0.338 e. The van der Waals surface area contributed by atoms with E-state index in [0.29, 0.717) is 19.4 Å². The van der Waals surface area contributed by atoms with Gasteiger partial charge in [0.2, 0.25) is 5.91 Å². The van der Waals surface area contributed by atoms with Crippen LogP contribution in [0.25, 0.3) is 0 Å². The standard InChI is InChI=1S/C20H28N2O5S/c1-4-26-20(25)17-16(27-17)19(24)22-15(10-12-28-3)18(23)21-11-9-14-7-5-13(2)6-8-14/h5-8,15-17H,4,9-12H2,1-3H3,(H,21,23)(H,22,24)/t15-,16-,17-/m0/s1. The number of hydrogen-bond donors (Lipinski definition) is 2. The van der Waals surface area contributed by atoms with E-state index >= 15 is 0 Å². The van der Waals surface area contributed by atoms with Crippen molar-refractivity contribution in [1.29, 1.82) is 0 Å². The molecule has 1 saturated heterocycles. The molecule has 1 aliphatic rings. The molecule has 0 aromatic heterocycles. The van der Waals surface area contributed by atoms with E-state index in [1.165, 1.54) is 5.56 Å². The molecule has 2 rings (SSSR count).